The van der Waals surface area contributed by atoms with Crippen molar-refractivity contribution in [2.24, 2.45) is 5.73 Å². The topological polar surface area (TPSA) is 136 Å². The van der Waals surface area contributed by atoms with Crippen molar-refractivity contribution in [3.05, 3.63) is 33.9 Å². The molecule has 88 valence electrons. The summed E-state index contributed by atoms with van der Waals surface area (Å²) in [6.07, 6.45) is -2.42. The van der Waals surface area contributed by atoms with Crippen molar-refractivity contribution in [2.75, 3.05) is 12.3 Å². The minimum Gasteiger partial charge on any atom is -0.393 e. The van der Waals surface area contributed by atoms with Gasteiger partial charge in [-0.25, -0.2) is 0 Å². The fourth-order valence-corrected chi connectivity index (χ4v) is 1.25. The number of benzene rings is 1. The second-order valence-electron chi connectivity index (χ2n) is 3.32. The van der Waals surface area contributed by atoms with Gasteiger partial charge in [0.05, 0.1) is 11.0 Å². The fraction of sp³-hybridized carbons (Fsp3) is 0.333. The molecule has 0 aliphatic rings. The molecule has 7 nitrogen and oxygen atoms in total. The number of nitrogens with two attached hydrogens (primary N) is 2. The van der Waals surface area contributed by atoms with E-state index in [2.05, 4.69) is 0 Å². The Bertz CT molecular complexity index is 396. The van der Waals surface area contributed by atoms with E-state index in [-0.39, 0.29) is 23.5 Å². The highest BCUT2D eigenvalue weighted by molar-refractivity contribution is 5.59. The standard InChI is InChI=1S/C9H13N3O4/c10-4-8(13)9(14)5-1-2-6(11)7(3-5)12(15)16/h1-3,8-9,13-14H,4,10-11H2. The molecule has 0 spiro atoms. The summed E-state index contributed by atoms with van der Waals surface area (Å²) in [5, 5.41) is 29.5. The Labute approximate surface area is 91.4 Å². The molecule has 0 heterocycles. The number of aliphatic hydroxyl groups excluding tert-OH is 2. The quantitative estimate of drug-likeness (QED) is 0.312. The molecule has 2 unspecified atom stereocenters. The molecule has 7 heteroatoms. The van der Waals surface area contributed by atoms with Crippen LogP contribution in [0.4, 0.5) is 11.4 Å². The van der Waals surface area contributed by atoms with E-state index in [1.54, 1.807) is 0 Å². The average Bonchev–Trinajstić information content (AvgIpc) is 2.27. The number of nitro benzene ring substituents is 1. The number of nitrogen functional groups attached to an aromatic ring is 1. The van der Waals surface area contributed by atoms with Crippen LogP contribution in [0.25, 0.3) is 0 Å². The van der Waals surface area contributed by atoms with Gasteiger partial charge in [-0.2, -0.15) is 0 Å². The van der Waals surface area contributed by atoms with E-state index in [1.165, 1.54) is 12.1 Å². The van der Waals surface area contributed by atoms with Crippen LogP contribution in [0.15, 0.2) is 18.2 Å². The van der Waals surface area contributed by atoms with E-state index in [9.17, 15) is 20.3 Å². The Hall–Kier alpha value is -1.70. The highest BCUT2D eigenvalue weighted by atomic mass is 16.6. The molecular formula is C9H13N3O4. The first-order chi connectivity index (χ1) is 7.47. The second-order valence-corrected chi connectivity index (χ2v) is 3.32. The third-order valence-electron chi connectivity index (χ3n) is 2.20. The fourth-order valence-electron chi connectivity index (χ4n) is 1.25. The molecule has 0 saturated heterocycles. The molecule has 16 heavy (non-hydrogen) atoms. The summed E-state index contributed by atoms with van der Waals surface area (Å²) in [6.45, 7) is -0.140. The molecule has 6 N–H and O–H groups in total. The first-order valence-corrected chi connectivity index (χ1v) is 4.57. The molecule has 1 aromatic rings. The van der Waals surface area contributed by atoms with Gasteiger partial charge >= 0.3 is 0 Å². The lowest BCUT2D eigenvalue weighted by Gasteiger charge is -2.16. The molecule has 0 fully saturated rings. The van der Waals surface area contributed by atoms with Gasteiger partial charge in [0.2, 0.25) is 0 Å². The average molecular weight is 227 g/mol. The number of rotatable bonds is 4. The summed E-state index contributed by atoms with van der Waals surface area (Å²) >= 11 is 0. The van der Waals surface area contributed by atoms with Crippen molar-refractivity contribution in [1.29, 1.82) is 0 Å². The Balaban J connectivity index is 3.07. The summed E-state index contributed by atoms with van der Waals surface area (Å²) in [4.78, 5) is 9.94. The number of nitrogens with zero attached hydrogens (tertiary/aromatic N) is 1. The largest absolute Gasteiger partial charge is 0.393 e. The number of aliphatic hydroxyl groups is 2. The molecule has 1 rings (SSSR count). The van der Waals surface area contributed by atoms with Gasteiger partial charge in [-0.15, -0.1) is 0 Å². The highest BCUT2D eigenvalue weighted by Gasteiger charge is 2.20. The predicted octanol–water partition coefficient (Wildman–Crippen LogP) is -0.470. The van der Waals surface area contributed by atoms with Crippen LogP contribution < -0.4 is 11.5 Å². The van der Waals surface area contributed by atoms with E-state index >= 15 is 0 Å². The number of anilines is 1. The van der Waals surface area contributed by atoms with Gasteiger partial charge in [0, 0.05) is 12.6 Å². The summed E-state index contributed by atoms with van der Waals surface area (Å²) < 4.78 is 0. The van der Waals surface area contributed by atoms with Crippen LogP contribution in [0.2, 0.25) is 0 Å². The van der Waals surface area contributed by atoms with Crippen LogP contribution in [0.5, 0.6) is 0 Å². The van der Waals surface area contributed by atoms with Crippen LogP contribution in [0.3, 0.4) is 0 Å². The van der Waals surface area contributed by atoms with E-state index < -0.39 is 17.1 Å². The maximum absolute atomic E-state index is 10.6. The summed E-state index contributed by atoms with van der Waals surface area (Å²) in [5.74, 6) is 0. The molecule has 0 bridgehead atoms. The van der Waals surface area contributed by atoms with Crippen LogP contribution in [0, 0.1) is 10.1 Å². The van der Waals surface area contributed by atoms with Crippen LogP contribution in [-0.4, -0.2) is 27.8 Å². The van der Waals surface area contributed by atoms with Gasteiger partial charge in [-0.1, -0.05) is 6.07 Å². The monoisotopic (exact) mass is 227 g/mol. The maximum Gasteiger partial charge on any atom is 0.292 e. The molecule has 0 aliphatic heterocycles. The number of hydrogen-bond donors (Lipinski definition) is 4. The summed E-state index contributed by atoms with van der Waals surface area (Å²) in [7, 11) is 0. The Kier molecular flexibility index (Phi) is 3.78. The van der Waals surface area contributed by atoms with Crippen molar-refractivity contribution in [2.45, 2.75) is 12.2 Å². The smallest absolute Gasteiger partial charge is 0.292 e. The molecule has 0 saturated carbocycles. The zero-order valence-corrected chi connectivity index (χ0v) is 8.41. The summed E-state index contributed by atoms with van der Waals surface area (Å²) in [5.41, 5.74) is 10.5. The minimum atomic E-state index is -1.26. The van der Waals surface area contributed by atoms with Gasteiger partial charge in [-0.05, 0) is 11.6 Å². The van der Waals surface area contributed by atoms with Crippen molar-refractivity contribution in [1.82, 2.24) is 0 Å². The van der Waals surface area contributed by atoms with Gasteiger partial charge in [0.25, 0.3) is 5.69 Å². The number of nitro groups is 1. The molecule has 0 aliphatic carbocycles. The number of hydrogen-bond acceptors (Lipinski definition) is 6. The first-order valence-electron chi connectivity index (χ1n) is 4.57. The molecule has 0 radical (unpaired) electrons. The molecule has 0 amide bonds. The normalized spacial score (nSPS) is 14.4. The van der Waals surface area contributed by atoms with Crippen molar-refractivity contribution in [3.63, 3.8) is 0 Å². The zero-order chi connectivity index (χ0) is 12.3. The third kappa shape index (κ3) is 2.45. The first kappa shape index (κ1) is 12.4. The molecule has 1 aromatic carbocycles. The van der Waals surface area contributed by atoms with Gasteiger partial charge < -0.3 is 21.7 Å². The SMILES string of the molecule is NCC(O)C(O)c1ccc(N)c([N+](=O)[O-])c1. The lowest BCUT2D eigenvalue weighted by atomic mass is 10.0. The van der Waals surface area contributed by atoms with Crippen molar-refractivity contribution in [3.8, 4) is 0 Å². The summed E-state index contributed by atoms with van der Waals surface area (Å²) in [6, 6.07) is 3.84. The third-order valence-corrected chi connectivity index (χ3v) is 2.20. The highest BCUT2D eigenvalue weighted by Crippen LogP contribution is 2.26. The molecule has 0 aromatic heterocycles. The van der Waals surface area contributed by atoms with E-state index in [1.807, 2.05) is 0 Å². The molecule has 2 atom stereocenters. The zero-order valence-electron chi connectivity index (χ0n) is 8.41. The predicted molar refractivity (Wildman–Crippen MR) is 57.5 cm³/mol. The minimum absolute atomic E-state index is 0.00295. The Morgan fingerprint density at radius 1 is 1.44 bits per heavy atom. The maximum atomic E-state index is 10.6. The van der Waals surface area contributed by atoms with Crippen molar-refractivity contribution < 1.29 is 15.1 Å². The van der Waals surface area contributed by atoms with E-state index in [0.29, 0.717) is 0 Å². The van der Waals surface area contributed by atoms with Gasteiger partial charge in [-0.3, -0.25) is 10.1 Å². The van der Waals surface area contributed by atoms with Crippen molar-refractivity contribution >= 4 is 11.4 Å². The lowest BCUT2D eigenvalue weighted by molar-refractivity contribution is -0.384. The second kappa shape index (κ2) is 4.88. The van der Waals surface area contributed by atoms with E-state index in [0.717, 1.165) is 6.07 Å². The Morgan fingerprint density at radius 3 is 2.56 bits per heavy atom. The van der Waals surface area contributed by atoms with Crippen LogP contribution >= 0.6 is 0 Å². The Morgan fingerprint density at radius 2 is 2.06 bits per heavy atom. The van der Waals surface area contributed by atoms with Crippen LogP contribution in [-0.2, 0) is 0 Å². The molecular weight excluding hydrogens is 214 g/mol. The van der Waals surface area contributed by atoms with Crippen LogP contribution in [0.1, 0.15) is 11.7 Å². The lowest BCUT2D eigenvalue weighted by Crippen LogP contribution is -2.27. The van der Waals surface area contributed by atoms with Gasteiger partial charge in [0.15, 0.2) is 0 Å². The van der Waals surface area contributed by atoms with E-state index in [4.69, 9.17) is 11.5 Å². The van der Waals surface area contributed by atoms with Gasteiger partial charge in [0.1, 0.15) is 11.8 Å².